The summed E-state index contributed by atoms with van der Waals surface area (Å²) in [4.78, 5) is 6.73. The molecule has 3 rings (SSSR count). The average Bonchev–Trinajstić information content (AvgIpc) is 2.98. The first-order valence-electron chi connectivity index (χ1n) is 6.99. The Morgan fingerprint density at radius 3 is 3.14 bits per heavy atom. The zero-order valence-electron chi connectivity index (χ0n) is 12.3. The van der Waals surface area contributed by atoms with Crippen LogP contribution in [-0.2, 0) is 6.42 Å². The Bertz CT molecular complexity index is 666. The van der Waals surface area contributed by atoms with E-state index in [2.05, 4.69) is 33.5 Å². The molecule has 0 spiro atoms. The van der Waals surface area contributed by atoms with Crippen LogP contribution in [-0.4, -0.2) is 41.7 Å². The number of piperazine rings is 1. The van der Waals surface area contributed by atoms with E-state index >= 15 is 0 Å². The number of hydrogen-bond donors (Lipinski definition) is 1. The highest BCUT2D eigenvalue weighted by Gasteiger charge is 2.25. The van der Waals surface area contributed by atoms with Crippen molar-refractivity contribution in [1.82, 2.24) is 20.4 Å². The number of likely N-dealkylation sites (N-methyl/N-ethyl adjacent to an activating group) is 1. The van der Waals surface area contributed by atoms with E-state index in [4.69, 9.17) is 9.78 Å². The third-order valence-electron chi connectivity index (χ3n) is 3.71. The highest BCUT2D eigenvalue weighted by atomic mass is 35.5. The van der Waals surface area contributed by atoms with Crippen LogP contribution in [0.15, 0.2) is 28.8 Å². The summed E-state index contributed by atoms with van der Waals surface area (Å²) in [5.74, 6) is 1.20. The fraction of sp³-hybridized carbons (Fsp3) is 0.400. The van der Waals surface area contributed by atoms with Gasteiger partial charge >= 0.3 is 0 Å². The third-order valence-corrected chi connectivity index (χ3v) is 3.71. The predicted molar refractivity (Wildman–Crippen MR) is 84.5 cm³/mol. The Morgan fingerprint density at radius 2 is 2.36 bits per heavy atom. The molecule has 116 valence electrons. The molecule has 0 amide bonds. The lowest BCUT2D eigenvalue weighted by atomic mass is 10.1. The number of aromatic nitrogens is 2. The summed E-state index contributed by atoms with van der Waals surface area (Å²) < 4.78 is 5.39. The summed E-state index contributed by atoms with van der Waals surface area (Å²) in [6.07, 6.45) is 0.379. The standard InChI is InChI=1S/C15H17N5O.ClH/c1-20-8-7-17-10-13(20)14-18-15(21-19-14)12-4-2-3-11(9-12)5-6-16;/h2-4,9,13,17H,5,7-8,10H2,1H3;1H. The van der Waals surface area contributed by atoms with E-state index < -0.39 is 0 Å². The van der Waals surface area contributed by atoms with Crippen molar-refractivity contribution in [2.45, 2.75) is 12.5 Å². The van der Waals surface area contributed by atoms with Gasteiger partial charge in [-0.15, -0.1) is 12.4 Å². The molecule has 1 saturated heterocycles. The first-order valence-corrected chi connectivity index (χ1v) is 6.99. The van der Waals surface area contributed by atoms with Crippen LogP contribution in [0.1, 0.15) is 17.4 Å². The van der Waals surface area contributed by atoms with E-state index in [0.717, 1.165) is 30.8 Å². The first-order chi connectivity index (χ1) is 10.3. The average molecular weight is 320 g/mol. The highest BCUT2D eigenvalue weighted by Crippen LogP contribution is 2.23. The van der Waals surface area contributed by atoms with Gasteiger partial charge in [0.25, 0.3) is 5.89 Å². The van der Waals surface area contributed by atoms with Gasteiger partial charge in [-0.3, -0.25) is 4.90 Å². The lowest BCUT2D eigenvalue weighted by Crippen LogP contribution is -2.44. The molecule has 0 aliphatic carbocycles. The van der Waals surface area contributed by atoms with Gasteiger partial charge in [0.1, 0.15) is 0 Å². The molecule has 1 unspecified atom stereocenters. The summed E-state index contributed by atoms with van der Waals surface area (Å²) in [6, 6.07) is 9.94. The van der Waals surface area contributed by atoms with Gasteiger partial charge in [-0.1, -0.05) is 17.3 Å². The van der Waals surface area contributed by atoms with Gasteiger partial charge in [0.15, 0.2) is 5.82 Å². The Balaban J connectivity index is 0.00000176. The number of nitrogens with zero attached hydrogens (tertiary/aromatic N) is 4. The van der Waals surface area contributed by atoms with Crippen LogP contribution in [0, 0.1) is 11.3 Å². The molecule has 22 heavy (non-hydrogen) atoms. The van der Waals surface area contributed by atoms with Crippen LogP contribution in [0.4, 0.5) is 0 Å². The number of nitrogens with one attached hydrogen (secondary N) is 1. The zero-order valence-corrected chi connectivity index (χ0v) is 13.1. The molecule has 7 heteroatoms. The van der Waals surface area contributed by atoms with Crippen molar-refractivity contribution in [1.29, 1.82) is 5.26 Å². The normalized spacial score (nSPS) is 18.5. The molecule has 0 radical (unpaired) electrons. The van der Waals surface area contributed by atoms with Crippen molar-refractivity contribution in [2.24, 2.45) is 0 Å². The largest absolute Gasteiger partial charge is 0.334 e. The van der Waals surface area contributed by atoms with Crippen LogP contribution < -0.4 is 5.32 Å². The number of hydrogen-bond acceptors (Lipinski definition) is 6. The van der Waals surface area contributed by atoms with E-state index in [0.29, 0.717) is 18.1 Å². The Hall–Kier alpha value is -1.94. The molecule has 1 fully saturated rings. The summed E-state index contributed by atoms with van der Waals surface area (Å²) in [6.45, 7) is 2.77. The Labute approximate surface area is 135 Å². The smallest absolute Gasteiger partial charge is 0.257 e. The van der Waals surface area contributed by atoms with Gasteiger partial charge in [0, 0.05) is 25.2 Å². The number of halogens is 1. The van der Waals surface area contributed by atoms with E-state index in [1.807, 2.05) is 24.3 Å². The molecule has 1 aliphatic heterocycles. The minimum Gasteiger partial charge on any atom is -0.334 e. The van der Waals surface area contributed by atoms with Crippen molar-refractivity contribution in [3.8, 4) is 17.5 Å². The van der Waals surface area contributed by atoms with E-state index in [1.54, 1.807) is 0 Å². The first kappa shape index (κ1) is 16.4. The molecule has 0 saturated carbocycles. The van der Waals surface area contributed by atoms with Crippen LogP contribution in [0.2, 0.25) is 0 Å². The van der Waals surface area contributed by atoms with Gasteiger partial charge in [0.05, 0.1) is 18.5 Å². The second-order valence-electron chi connectivity index (χ2n) is 5.19. The van der Waals surface area contributed by atoms with Crippen molar-refractivity contribution >= 4 is 12.4 Å². The molecule has 0 bridgehead atoms. The van der Waals surface area contributed by atoms with Gasteiger partial charge < -0.3 is 9.84 Å². The molecule has 1 aliphatic rings. The Morgan fingerprint density at radius 1 is 1.50 bits per heavy atom. The minimum atomic E-state index is 0. The maximum atomic E-state index is 8.77. The zero-order chi connectivity index (χ0) is 14.7. The van der Waals surface area contributed by atoms with Crippen molar-refractivity contribution in [3.05, 3.63) is 35.7 Å². The molecule has 1 atom stereocenters. The molecule has 6 nitrogen and oxygen atoms in total. The summed E-state index contributed by atoms with van der Waals surface area (Å²) in [7, 11) is 2.06. The maximum absolute atomic E-state index is 8.77. The summed E-state index contributed by atoms with van der Waals surface area (Å²) in [5.41, 5.74) is 1.80. The molecular weight excluding hydrogens is 302 g/mol. The molecule has 1 N–H and O–H groups in total. The second kappa shape index (κ2) is 7.36. The topological polar surface area (TPSA) is 78.0 Å². The maximum Gasteiger partial charge on any atom is 0.257 e. The van der Waals surface area contributed by atoms with Crippen LogP contribution in [0.3, 0.4) is 0 Å². The van der Waals surface area contributed by atoms with Crippen LogP contribution in [0.25, 0.3) is 11.5 Å². The van der Waals surface area contributed by atoms with E-state index in [-0.39, 0.29) is 18.4 Å². The fourth-order valence-electron chi connectivity index (χ4n) is 2.49. The molecule has 1 aromatic heterocycles. The molecule has 2 aromatic rings. The van der Waals surface area contributed by atoms with Gasteiger partial charge in [-0.05, 0) is 24.7 Å². The van der Waals surface area contributed by atoms with Crippen molar-refractivity contribution in [2.75, 3.05) is 26.7 Å². The monoisotopic (exact) mass is 319 g/mol. The third kappa shape index (κ3) is 3.45. The van der Waals surface area contributed by atoms with E-state index in [1.165, 1.54) is 0 Å². The summed E-state index contributed by atoms with van der Waals surface area (Å²) >= 11 is 0. The number of rotatable bonds is 3. The molecule has 1 aromatic carbocycles. The van der Waals surface area contributed by atoms with Crippen molar-refractivity contribution < 1.29 is 4.52 Å². The number of benzene rings is 1. The Kier molecular flexibility index (Phi) is 5.50. The van der Waals surface area contributed by atoms with Crippen LogP contribution >= 0.6 is 12.4 Å². The van der Waals surface area contributed by atoms with Crippen molar-refractivity contribution in [3.63, 3.8) is 0 Å². The fourth-order valence-corrected chi connectivity index (χ4v) is 2.49. The highest BCUT2D eigenvalue weighted by molar-refractivity contribution is 5.85. The van der Waals surface area contributed by atoms with Gasteiger partial charge in [-0.2, -0.15) is 10.2 Å². The molecular formula is C15H18ClN5O. The molecule has 2 heterocycles. The number of nitriles is 1. The SMILES string of the molecule is CN1CCNCC1c1noc(-c2cccc(CC#N)c2)n1.Cl. The van der Waals surface area contributed by atoms with Gasteiger partial charge in [0.2, 0.25) is 0 Å². The van der Waals surface area contributed by atoms with Crippen LogP contribution in [0.5, 0.6) is 0 Å². The summed E-state index contributed by atoms with van der Waals surface area (Å²) in [5, 5.41) is 16.2. The lowest BCUT2D eigenvalue weighted by molar-refractivity contribution is 0.190. The van der Waals surface area contributed by atoms with Gasteiger partial charge in [-0.25, -0.2) is 0 Å². The predicted octanol–water partition coefficient (Wildman–Crippen LogP) is 1.80. The quantitative estimate of drug-likeness (QED) is 0.929. The minimum absolute atomic E-state index is 0. The second-order valence-corrected chi connectivity index (χ2v) is 5.19. The van der Waals surface area contributed by atoms with E-state index in [9.17, 15) is 0 Å². The lowest BCUT2D eigenvalue weighted by Gasteiger charge is -2.30.